The quantitative estimate of drug-likeness (QED) is 0.509. The monoisotopic (exact) mass is 341 g/mol. The van der Waals surface area contributed by atoms with Gasteiger partial charge in [0.05, 0.1) is 12.6 Å². The van der Waals surface area contributed by atoms with Crippen molar-refractivity contribution in [2.45, 2.75) is 17.1 Å². The van der Waals surface area contributed by atoms with Gasteiger partial charge in [0, 0.05) is 16.5 Å². The molecule has 0 radical (unpaired) electrons. The number of pyridine rings is 1. The molecule has 0 aliphatic carbocycles. The molecule has 0 N–H and O–H groups in total. The number of hydrogen-bond acceptors (Lipinski definition) is 4. The average Bonchev–Trinajstić information content (AvgIpc) is 2.61. The lowest BCUT2D eigenvalue weighted by Gasteiger charge is -2.09. The summed E-state index contributed by atoms with van der Waals surface area (Å²) >= 11 is 1.41. The van der Waals surface area contributed by atoms with Crippen LogP contribution in [0.2, 0.25) is 0 Å². The second-order valence-electron chi connectivity index (χ2n) is 5.37. The Kier molecular flexibility index (Phi) is 4.81. The maximum atomic E-state index is 13.0. The van der Waals surface area contributed by atoms with Crippen molar-refractivity contribution in [2.24, 2.45) is 0 Å². The summed E-state index contributed by atoms with van der Waals surface area (Å²) in [5.41, 5.74) is 2.78. The van der Waals surface area contributed by atoms with E-state index in [-0.39, 0.29) is 17.0 Å². The summed E-state index contributed by atoms with van der Waals surface area (Å²) in [6.45, 7) is 1.80. The molecule has 24 heavy (non-hydrogen) atoms. The van der Waals surface area contributed by atoms with E-state index in [0.29, 0.717) is 0 Å². The van der Waals surface area contributed by atoms with Crippen LogP contribution in [0.15, 0.2) is 59.6 Å². The average molecular weight is 341 g/mol. The van der Waals surface area contributed by atoms with Gasteiger partial charge < -0.3 is 4.74 Å². The molecule has 0 saturated carbocycles. The fraction of sp³-hybridized carbons (Fsp3) is 0.158. The summed E-state index contributed by atoms with van der Waals surface area (Å²) in [4.78, 5) is 16.9. The number of fused-ring (bicyclic) bond motifs is 1. The van der Waals surface area contributed by atoms with Crippen molar-refractivity contribution in [1.82, 2.24) is 4.98 Å². The van der Waals surface area contributed by atoms with E-state index in [9.17, 15) is 9.18 Å². The number of halogens is 1. The molecule has 1 aromatic heterocycles. The van der Waals surface area contributed by atoms with E-state index in [0.717, 1.165) is 26.9 Å². The van der Waals surface area contributed by atoms with Gasteiger partial charge in [-0.05, 0) is 42.3 Å². The van der Waals surface area contributed by atoms with Crippen LogP contribution in [0.1, 0.15) is 6.92 Å². The highest BCUT2D eigenvalue weighted by atomic mass is 32.2. The molecule has 0 saturated heterocycles. The van der Waals surface area contributed by atoms with Crippen molar-refractivity contribution in [3.63, 3.8) is 0 Å². The number of hydrogen-bond donors (Lipinski definition) is 0. The first-order chi connectivity index (χ1) is 11.6. The minimum atomic E-state index is -0.285. The molecule has 3 rings (SSSR count). The van der Waals surface area contributed by atoms with Gasteiger partial charge in [-0.3, -0.25) is 9.78 Å². The lowest BCUT2D eigenvalue weighted by Crippen LogP contribution is -2.14. The van der Waals surface area contributed by atoms with Gasteiger partial charge in [-0.1, -0.05) is 24.3 Å². The lowest BCUT2D eigenvalue weighted by atomic mass is 10.0. The van der Waals surface area contributed by atoms with E-state index >= 15 is 0 Å². The molecule has 0 bridgehead atoms. The molecule has 0 aliphatic rings. The molecule has 0 amide bonds. The van der Waals surface area contributed by atoms with Crippen LogP contribution in [0.25, 0.3) is 22.0 Å². The predicted octanol–water partition coefficient (Wildman–Crippen LogP) is 4.69. The number of ether oxygens (including phenoxy) is 1. The highest BCUT2D eigenvalue weighted by Crippen LogP contribution is 2.28. The zero-order chi connectivity index (χ0) is 17.1. The molecule has 0 spiro atoms. The predicted molar refractivity (Wildman–Crippen MR) is 94.5 cm³/mol. The number of methoxy groups -OCH3 is 1. The largest absolute Gasteiger partial charge is 0.468 e. The van der Waals surface area contributed by atoms with Crippen molar-refractivity contribution in [3.8, 4) is 11.1 Å². The van der Waals surface area contributed by atoms with E-state index in [4.69, 9.17) is 4.74 Å². The minimum Gasteiger partial charge on any atom is -0.468 e. The SMILES string of the molecule is COC(=O)C(C)Sc1cnc2cc(-c3ccc(F)cc3)ccc2c1. The van der Waals surface area contributed by atoms with Crippen LogP contribution in [0.5, 0.6) is 0 Å². The Bertz CT molecular complexity index is 880. The van der Waals surface area contributed by atoms with Crippen LogP contribution >= 0.6 is 11.8 Å². The Morgan fingerprint density at radius 1 is 1.12 bits per heavy atom. The Morgan fingerprint density at radius 2 is 1.83 bits per heavy atom. The number of benzene rings is 2. The van der Waals surface area contributed by atoms with Crippen LogP contribution < -0.4 is 0 Å². The minimum absolute atomic E-state index is 0.251. The summed E-state index contributed by atoms with van der Waals surface area (Å²) < 4.78 is 17.8. The highest BCUT2D eigenvalue weighted by molar-refractivity contribution is 8.00. The molecule has 122 valence electrons. The van der Waals surface area contributed by atoms with Crippen LogP contribution in [-0.2, 0) is 9.53 Å². The van der Waals surface area contributed by atoms with Crippen molar-refractivity contribution in [1.29, 1.82) is 0 Å². The third-order valence-corrected chi connectivity index (χ3v) is 4.72. The highest BCUT2D eigenvalue weighted by Gasteiger charge is 2.15. The summed E-state index contributed by atoms with van der Waals surface area (Å²) in [6, 6.07) is 14.3. The Morgan fingerprint density at radius 3 is 2.54 bits per heavy atom. The van der Waals surface area contributed by atoms with Crippen molar-refractivity contribution >= 4 is 28.6 Å². The van der Waals surface area contributed by atoms with E-state index < -0.39 is 0 Å². The van der Waals surface area contributed by atoms with Gasteiger partial charge in [-0.15, -0.1) is 11.8 Å². The molecule has 3 aromatic rings. The van der Waals surface area contributed by atoms with Crippen molar-refractivity contribution < 1.29 is 13.9 Å². The first-order valence-electron chi connectivity index (χ1n) is 7.47. The number of esters is 1. The summed E-state index contributed by atoms with van der Waals surface area (Å²) in [7, 11) is 1.38. The van der Waals surface area contributed by atoms with E-state index in [1.54, 1.807) is 25.3 Å². The number of carbonyl (C=O) groups is 1. The zero-order valence-electron chi connectivity index (χ0n) is 13.3. The molecule has 0 aliphatic heterocycles. The molecule has 1 unspecified atom stereocenters. The van der Waals surface area contributed by atoms with Crippen LogP contribution in [-0.4, -0.2) is 23.3 Å². The van der Waals surface area contributed by atoms with E-state index in [2.05, 4.69) is 4.98 Å². The summed E-state index contributed by atoms with van der Waals surface area (Å²) in [5, 5.41) is 0.704. The number of rotatable bonds is 4. The smallest absolute Gasteiger partial charge is 0.318 e. The normalized spacial score (nSPS) is 12.1. The molecule has 2 aromatic carbocycles. The number of carbonyl (C=O) groups excluding carboxylic acids is 1. The van der Waals surface area contributed by atoms with Gasteiger partial charge in [0.2, 0.25) is 0 Å². The standard InChI is InChI=1S/C19H16FNO2S/c1-12(19(22)23-2)24-17-9-15-4-3-14(10-18(15)21-11-17)13-5-7-16(20)8-6-13/h3-12H,1-2H3. The molecule has 1 atom stereocenters. The van der Waals surface area contributed by atoms with Gasteiger partial charge in [-0.2, -0.15) is 0 Å². The van der Waals surface area contributed by atoms with E-state index in [1.165, 1.54) is 31.0 Å². The maximum Gasteiger partial charge on any atom is 0.318 e. The second kappa shape index (κ2) is 7.01. The molecular formula is C19H16FNO2S. The third-order valence-electron chi connectivity index (χ3n) is 3.68. The van der Waals surface area contributed by atoms with Gasteiger partial charge in [-0.25, -0.2) is 4.39 Å². The molecule has 3 nitrogen and oxygen atoms in total. The maximum absolute atomic E-state index is 13.0. The Hall–Kier alpha value is -2.40. The van der Waals surface area contributed by atoms with Gasteiger partial charge in [0.1, 0.15) is 11.1 Å². The van der Waals surface area contributed by atoms with E-state index in [1.807, 2.05) is 24.3 Å². The Balaban J connectivity index is 1.88. The summed E-state index contributed by atoms with van der Waals surface area (Å²) in [6.07, 6.45) is 1.75. The molecule has 5 heteroatoms. The first kappa shape index (κ1) is 16.5. The fourth-order valence-electron chi connectivity index (χ4n) is 2.41. The van der Waals surface area contributed by atoms with Crippen LogP contribution in [0, 0.1) is 5.82 Å². The fourth-order valence-corrected chi connectivity index (χ4v) is 3.32. The van der Waals surface area contributed by atoms with Crippen molar-refractivity contribution in [3.05, 3.63) is 60.5 Å². The molecule has 0 fully saturated rings. The molecule has 1 heterocycles. The van der Waals surface area contributed by atoms with Gasteiger partial charge >= 0.3 is 5.97 Å². The number of thioether (sulfide) groups is 1. The van der Waals surface area contributed by atoms with Crippen LogP contribution in [0.4, 0.5) is 4.39 Å². The lowest BCUT2D eigenvalue weighted by molar-refractivity contribution is -0.139. The first-order valence-corrected chi connectivity index (χ1v) is 8.35. The zero-order valence-corrected chi connectivity index (χ0v) is 14.1. The number of nitrogens with zero attached hydrogens (tertiary/aromatic N) is 1. The third kappa shape index (κ3) is 3.57. The number of aromatic nitrogens is 1. The van der Waals surface area contributed by atoms with Gasteiger partial charge in [0.25, 0.3) is 0 Å². The van der Waals surface area contributed by atoms with Crippen molar-refractivity contribution in [2.75, 3.05) is 7.11 Å². The summed E-state index contributed by atoms with van der Waals surface area (Å²) in [5.74, 6) is -0.509. The molecular weight excluding hydrogens is 325 g/mol. The topological polar surface area (TPSA) is 39.2 Å². The Labute approximate surface area is 143 Å². The second-order valence-corrected chi connectivity index (χ2v) is 6.78. The van der Waals surface area contributed by atoms with Gasteiger partial charge in [0.15, 0.2) is 0 Å². The van der Waals surface area contributed by atoms with Crippen LogP contribution in [0.3, 0.4) is 0 Å².